The maximum absolute atomic E-state index is 12.5. The van der Waals surface area contributed by atoms with Crippen molar-refractivity contribution in [1.82, 2.24) is 0 Å². The van der Waals surface area contributed by atoms with Gasteiger partial charge in [-0.15, -0.1) is 0 Å². The molecule has 0 amide bonds. The van der Waals surface area contributed by atoms with E-state index in [0.29, 0.717) is 6.42 Å². The Morgan fingerprint density at radius 2 is 1.00 bits per heavy atom. The number of unbranched alkanes of at least 4 members (excludes halogenated alkanes) is 13. The summed E-state index contributed by atoms with van der Waals surface area (Å²) in [6.07, 6.45) is 16.9. The van der Waals surface area contributed by atoms with Gasteiger partial charge in [0.2, 0.25) is 0 Å². The van der Waals surface area contributed by atoms with Crippen LogP contribution in [0.15, 0.2) is 0 Å². The molecule has 0 N–H and O–H groups in total. The molecule has 0 fully saturated rings. The lowest BCUT2D eigenvalue weighted by Gasteiger charge is -2.19. The van der Waals surface area contributed by atoms with Gasteiger partial charge in [0, 0.05) is 0 Å². The zero-order chi connectivity index (χ0) is 19.7. The summed E-state index contributed by atoms with van der Waals surface area (Å²) < 4.78 is 25.1. The van der Waals surface area contributed by atoms with E-state index in [1.54, 1.807) is 0 Å². The van der Waals surface area contributed by atoms with Gasteiger partial charge < -0.3 is 0 Å². The van der Waals surface area contributed by atoms with E-state index in [0.717, 1.165) is 38.5 Å². The predicted octanol–water partition coefficient (Wildman–Crippen LogP) is 6.87. The summed E-state index contributed by atoms with van der Waals surface area (Å²) in [5.41, 5.74) is 0. The highest BCUT2D eigenvalue weighted by Crippen LogP contribution is 2.19. The summed E-state index contributed by atoms with van der Waals surface area (Å²) in [6, 6.07) is 0. The summed E-state index contributed by atoms with van der Waals surface area (Å²) in [4.78, 5) is 0. The molecule has 0 spiro atoms. The third-order valence-corrected chi connectivity index (χ3v) is 7.76. The molecule has 0 aliphatic rings. The van der Waals surface area contributed by atoms with E-state index in [2.05, 4.69) is 13.8 Å². The molecule has 2 atom stereocenters. The van der Waals surface area contributed by atoms with Crippen LogP contribution in [0.3, 0.4) is 0 Å². The third-order valence-electron chi connectivity index (χ3n) is 5.36. The van der Waals surface area contributed by atoms with Crippen LogP contribution in [-0.2, 0) is 14.9 Å². The minimum Gasteiger partial charge on any atom is -0.232 e. The molecule has 26 heavy (non-hydrogen) atoms. The van der Waals surface area contributed by atoms with Crippen molar-refractivity contribution in [1.29, 1.82) is 0 Å². The van der Waals surface area contributed by atoms with Crippen LogP contribution in [0.1, 0.15) is 124 Å². The molecule has 4 heteroatoms. The first-order chi connectivity index (χ1) is 12.5. The van der Waals surface area contributed by atoms with Crippen LogP contribution in [0.4, 0.5) is 0 Å². The second kappa shape index (κ2) is 17.0. The van der Waals surface area contributed by atoms with E-state index >= 15 is 0 Å². The monoisotopic (exact) mass is 389 g/mol. The van der Waals surface area contributed by atoms with Gasteiger partial charge in [-0.05, 0) is 19.8 Å². The lowest BCUT2D eigenvalue weighted by Crippen LogP contribution is -2.33. The Kier molecular flexibility index (Phi) is 17.0. The lowest BCUT2D eigenvalue weighted by atomic mass is 10.1. The molecule has 157 valence electrons. The molecule has 3 nitrogen and oxygen atoms in total. The third kappa shape index (κ3) is 14.0. The average Bonchev–Trinajstić information content (AvgIpc) is 2.59. The second-order valence-corrected chi connectivity index (χ2v) is 10.3. The van der Waals surface area contributed by atoms with Gasteiger partial charge in [-0.3, -0.25) is 0 Å². The van der Waals surface area contributed by atoms with Crippen molar-refractivity contribution in [2.75, 3.05) is 5.75 Å². The van der Waals surface area contributed by atoms with Crippen molar-refractivity contribution in [3.63, 3.8) is 0 Å². The highest BCUT2D eigenvalue weighted by molar-refractivity contribution is 7.92. The lowest BCUT2D eigenvalue weighted by molar-refractivity contribution is 0.0976. The molecule has 0 aromatic carbocycles. The van der Waals surface area contributed by atoms with E-state index < -0.39 is 21.2 Å². The Bertz CT molecular complexity index is 390. The normalized spacial score (nSPS) is 14.5. The van der Waals surface area contributed by atoms with Gasteiger partial charge in [-0.25, -0.2) is 13.5 Å². The van der Waals surface area contributed by atoms with Crippen LogP contribution < -0.4 is 0 Å². The smallest absolute Gasteiger partial charge is 0.155 e. The zero-order valence-corrected chi connectivity index (χ0v) is 18.6. The Labute approximate surface area is 164 Å². The SMILES string of the molecule is CCCCCCCCCCCCS(=O)(=O)C(CCCCCCC)C(C)[O]. The molecular weight excluding hydrogens is 344 g/mol. The molecule has 0 saturated carbocycles. The molecular formula is C22H45O3S. The van der Waals surface area contributed by atoms with Crippen molar-refractivity contribution in [3.05, 3.63) is 0 Å². The van der Waals surface area contributed by atoms with Crippen LogP contribution >= 0.6 is 0 Å². The van der Waals surface area contributed by atoms with Crippen LogP contribution in [0.5, 0.6) is 0 Å². The fraction of sp³-hybridized carbons (Fsp3) is 1.00. The predicted molar refractivity (Wildman–Crippen MR) is 113 cm³/mol. The summed E-state index contributed by atoms with van der Waals surface area (Å²) in [6.45, 7) is 5.92. The van der Waals surface area contributed by atoms with Crippen LogP contribution in [0, 0.1) is 0 Å². The maximum atomic E-state index is 12.5. The largest absolute Gasteiger partial charge is 0.232 e. The van der Waals surface area contributed by atoms with E-state index in [-0.39, 0.29) is 5.75 Å². The van der Waals surface area contributed by atoms with Crippen molar-refractivity contribution < 1.29 is 13.5 Å². The second-order valence-electron chi connectivity index (χ2n) is 8.00. The first kappa shape index (κ1) is 25.9. The minimum atomic E-state index is -3.23. The zero-order valence-electron chi connectivity index (χ0n) is 17.8. The summed E-state index contributed by atoms with van der Waals surface area (Å²) in [5.74, 6) is 0.204. The number of hydrogen-bond acceptors (Lipinski definition) is 2. The van der Waals surface area contributed by atoms with Gasteiger partial charge in [0.25, 0.3) is 0 Å². The van der Waals surface area contributed by atoms with Crippen molar-refractivity contribution in [2.45, 2.75) is 135 Å². The molecule has 0 saturated heterocycles. The summed E-state index contributed by atoms with van der Waals surface area (Å²) in [7, 11) is -3.23. The van der Waals surface area contributed by atoms with Gasteiger partial charge in [-0.1, -0.05) is 104 Å². The van der Waals surface area contributed by atoms with E-state index in [4.69, 9.17) is 0 Å². The molecule has 0 aliphatic heterocycles. The molecule has 0 rings (SSSR count). The van der Waals surface area contributed by atoms with Gasteiger partial charge in [0.05, 0.1) is 11.0 Å². The van der Waals surface area contributed by atoms with Crippen molar-refractivity contribution >= 4 is 9.84 Å². The molecule has 0 bridgehead atoms. The van der Waals surface area contributed by atoms with E-state index in [1.165, 1.54) is 64.7 Å². The standard InChI is InChI=1S/C22H45O3S/c1-4-6-8-10-11-12-13-14-16-18-20-26(24,25)22(21(3)23)19-17-15-9-7-5-2/h21-22H,4-20H2,1-3H3. The van der Waals surface area contributed by atoms with Crippen molar-refractivity contribution in [2.24, 2.45) is 0 Å². The Balaban J connectivity index is 3.89. The number of hydrogen-bond donors (Lipinski definition) is 0. The number of rotatable bonds is 19. The molecule has 2 unspecified atom stereocenters. The minimum absolute atomic E-state index is 0.204. The fourth-order valence-corrected chi connectivity index (χ4v) is 5.62. The van der Waals surface area contributed by atoms with Gasteiger partial charge >= 0.3 is 0 Å². The highest BCUT2D eigenvalue weighted by Gasteiger charge is 2.29. The molecule has 0 aromatic heterocycles. The van der Waals surface area contributed by atoms with Gasteiger partial charge in [-0.2, -0.15) is 0 Å². The van der Waals surface area contributed by atoms with Crippen LogP contribution in [-0.4, -0.2) is 25.5 Å². The first-order valence-corrected chi connectivity index (χ1v) is 13.0. The molecule has 0 heterocycles. The Morgan fingerprint density at radius 3 is 1.42 bits per heavy atom. The van der Waals surface area contributed by atoms with Gasteiger partial charge in [0.1, 0.15) is 6.10 Å². The average molecular weight is 390 g/mol. The molecule has 0 aliphatic carbocycles. The van der Waals surface area contributed by atoms with E-state index in [1.807, 2.05) is 0 Å². The van der Waals surface area contributed by atoms with Crippen molar-refractivity contribution in [3.8, 4) is 0 Å². The topological polar surface area (TPSA) is 54.0 Å². The molecule has 1 radical (unpaired) electrons. The Hall–Kier alpha value is -0.0900. The number of sulfone groups is 1. The van der Waals surface area contributed by atoms with Crippen LogP contribution in [0.2, 0.25) is 0 Å². The first-order valence-electron chi connectivity index (χ1n) is 11.3. The van der Waals surface area contributed by atoms with Crippen LogP contribution in [0.25, 0.3) is 0 Å². The summed E-state index contributed by atoms with van der Waals surface area (Å²) in [5, 5.41) is 11.2. The summed E-state index contributed by atoms with van der Waals surface area (Å²) >= 11 is 0. The highest BCUT2D eigenvalue weighted by atomic mass is 32.2. The quantitative estimate of drug-likeness (QED) is 0.226. The Morgan fingerprint density at radius 1 is 0.615 bits per heavy atom. The van der Waals surface area contributed by atoms with E-state index in [9.17, 15) is 13.5 Å². The van der Waals surface area contributed by atoms with Gasteiger partial charge in [0.15, 0.2) is 9.84 Å². The molecule has 0 aromatic rings. The maximum Gasteiger partial charge on any atom is 0.155 e. The fourth-order valence-electron chi connectivity index (χ4n) is 3.60.